The van der Waals surface area contributed by atoms with Crippen LogP contribution in [0.15, 0.2) is 18.2 Å². The van der Waals surface area contributed by atoms with Crippen LogP contribution in [0.4, 0.5) is 0 Å². The summed E-state index contributed by atoms with van der Waals surface area (Å²) in [5.41, 5.74) is 0. The Labute approximate surface area is 123 Å². The van der Waals surface area contributed by atoms with Crippen molar-refractivity contribution in [3.63, 3.8) is 0 Å². The molecule has 1 aromatic rings. The third kappa shape index (κ3) is 5.48. The first-order valence-corrected chi connectivity index (χ1v) is 6.40. The highest BCUT2D eigenvalue weighted by atomic mass is 127. The lowest BCUT2D eigenvalue weighted by Crippen LogP contribution is -2.29. The minimum absolute atomic E-state index is 0.107. The fourth-order valence-corrected chi connectivity index (χ4v) is 1.62. The van der Waals surface area contributed by atoms with Crippen LogP contribution >= 0.6 is 45.8 Å². The summed E-state index contributed by atoms with van der Waals surface area (Å²) >= 11 is 13.5. The first-order valence-electron chi connectivity index (χ1n) is 4.56. The zero-order chi connectivity index (χ0) is 12.7. The second-order valence-electron chi connectivity index (χ2n) is 2.91. The van der Waals surface area contributed by atoms with E-state index in [9.17, 15) is 4.79 Å². The molecule has 0 heterocycles. The predicted molar refractivity (Wildman–Crippen MR) is 76.8 cm³/mol. The maximum atomic E-state index is 11.3. The summed E-state index contributed by atoms with van der Waals surface area (Å²) in [4.78, 5) is 11.3. The Morgan fingerprint density at radius 3 is 2.88 bits per heavy atom. The molecular formula is C11H8Cl2INO2. The van der Waals surface area contributed by atoms with Crippen molar-refractivity contribution in [1.82, 2.24) is 5.32 Å². The molecule has 0 aromatic heterocycles. The van der Waals surface area contributed by atoms with Crippen LogP contribution in [0.3, 0.4) is 0 Å². The van der Waals surface area contributed by atoms with E-state index in [1.54, 1.807) is 18.2 Å². The monoisotopic (exact) mass is 383 g/mol. The van der Waals surface area contributed by atoms with Crippen LogP contribution in [-0.2, 0) is 4.79 Å². The molecule has 0 bridgehead atoms. The van der Waals surface area contributed by atoms with Crippen molar-refractivity contribution in [3.8, 4) is 15.6 Å². The van der Waals surface area contributed by atoms with Crippen LogP contribution in [0.1, 0.15) is 0 Å². The van der Waals surface area contributed by atoms with Gasteiger partial charge in [-0.2, -0.15) is 0 Å². The average Bonchev–Trinajstić information content (AvgIpc) is 2.28. The molecule has 3 nitrogen and oxygen atoms in total. The van der Waals surface area contributed by atoms with Gasteiger partial charge in [0.15, 0.2) is 6.61 Å². The van der Waals surface area contributed by atoms with E-state index in [0.717, 1.165) is 0 Å². The molecule has 0 spiro atoms. The zero-order valence-electron chi connectivity index (χ0n) is 8.60. The summed E-state index contributed by atoms with van der Waals surface area (Å²) in [7, 11) is 0. The third-order valence-electron chi connectivity index (χ3n) is 1.69. The summed E-state index contributed by atoms with van der Waals surface area (Å²) in [5, 5.41) is 3.46. The molecule has 1 rings (SSSR count). The highest BCUT2D eigenvalue weighted by molar-refractivity contribution is 14.1. The second kappa shape index (κ2) is 7.64. The summed E-state index contributed by atoms with van der Waals surface area (Å²) in [6.45, 7) is 0.198. The lowest BCUT2D eigenvalue weighted by atomic mass is 10.3. The minimum Gasteiger partial charge on any atom is -0.482 e. The van der Waals surface area contributed by atoms with E-state index in [1.165, 1.54) is 0 Å². The maximum absolute atomic E-state index is 11.3. The fraction of sp³-hybridized carbons (Fsp3) is 0.182. The van der Waals surface area contributed by atoms with E-state index in [-0.39, 0.29) is 12.5 Å². The standard InChI is InChI=1S/C11H8Cl2INO2/c12-8-2-3-10(9(13)6-8)17-7-11(16)15-5-1-4-14/h2-3,6H,5,7H2,(H,15,16). The topological polar surface area (TPSA) is 38.3 Å². The molecule has 1 N–H and O–H groups in total. The summed E-state index contributed by atoms with van der Waals surface area (Å²) < 4.78 is 7.87. The van der Waals surface area contributed by atoms with Gasteiger partial charge in [0.2, 0.25) is 0 Å². The molecule has 6 heteroatoms. The molecular weight excluding hydrogens is 376 g/mol. The van der Waals surface area contributed by atoms with Gasteiger partial charge >= 0.3 is 0 Å². The van der Waals surface area contributed by atoms with Crippen LogP contribution in [-0.4, -0.2) is 19.1 Å². The number of carbonyl (C=O) groups excluding carboxylic acids is 1. The molecule has 1 aromatic carbocycles. The second-order valence-corrected chi connectivity index (χ2v) is 4.29. The highest BCUT2D eigenvalue weighted by Gasteiger charge is 2.05. The van der Waals surface area contributed by atoms with Crippen molar-refractivity contribution in [1.29, 1.82) is 0 Å². The van der Waals surface area contributed by atoms with Gasteiger partial charge in [0.1, 0.15) is 5.75 Å². The Morgan fingerprint density at radius 1 is 1.47 bits per heavy atom. The molecule has 0 radical (unpaired) electrons. The Morgan fingerprint density at radius 2 is 2.24 bits per heavy atom. The number of ether oxygens (including phenoxy) is 1. The van der Waals surface area contributed by atoms with Crippen molar-refractivity contribution in [2.75, 3.05) is 13.2 Å². The smallest absolute Gasteiger partial charge is 0.258 e. The van der Waals surface area contributed by atoms with E-state index in [1.807, 2.05) is 22.6 Å². The van der Waals surface area contributed by atoms with Crippen molar-refractivity contribution >= 4 is 51.7 Å². The number of benzene rings is 1. The molecule has 0 aliphatic heterocycles. The molecule has 0 aliphatic carbocycles. The lowest BCUT2D eigenvalue weighted by Gasteiger charge is -2.07. The molecule has 17 heavy (non-hydrogen) atoms. The Bertz CT molecular complexity index is 468. The quantitative estimate of drug-likeness (QED) is 0.641. The highest BCUT2D eigenvalue weighted by Crippen LogP contribution is 2.27. The molecule has 0 saturated heterocycles. The SMILES string of the molecule is O=C(COc1ccc(Cl)cc1Cl)NCC#CI. The molecule has 0 fully saturated rings. The fourth-order valence-electron chi connectivity index (χ4n) is 0.963. The van der Waals surface area contributed by atoms with Crippen LogP contribution in [0, 0.1) is 9.85 Å². The Kier molecular flexibility index (Phi) is 6.48. The Balaban J connectivity index is 2.43. The Hall–Kier alpha value is -0.640. The van der Waals surface area contributed by atoms with Crippen LogP contribution in [0.25, 0.3) is 0 Å². The normalized spacial score (nSPS) is 9.12. The molecule has 0 saturated carbocycles. The van der Waals surface area contributed by atoms with Crippen molar-refractivity contribution in [3.05, 3.63) is 28.2 Å². The van der Waals surface area contributed by atoms with Gasteiger partial charge < -0.3 is 10.1 Å². The van der Waals surface area contributed by atoms with Gasteiger partial charge in [-0.25, -0.2) is 0 Å². The summed E-state index contributed by atoms with van der Waals surface area (Å²) in [6, 6.07) is 4.81. The minimum atomic E-state index is -0.254. The number of hydrogen-bond donors (Lipinski definition) is 1. The van der Waals surface area contributed by atoms with E-state index < -0.39 is 0 Å². The first kappa shape index (κ1) is 14.4. The number of hydrogen-bond acceptors (Lipinski definition) is 2. The van der Waals surface area contributed by atoms with E-state index >= 15 is 0 Å². The van der Waals surface area contributed by atoms with Gasteiger partial charge in [-0.15, -0.1) is 0 Å². The van der Waals surface area contributed by atoms with E-state index in [4.69, 9.17) is 27.9 Å². The van der Waals surface area contributed by atoms with Gasteiger partial charge in [0, 0.05) is 27.6 Å². The molecule has 1 amide bonds. The number of amides is 1. The number of nitrogens with one attached hydrogen (secondary N) is 1. The van der Waals surface area contributed by atoms with Gasteiger partial charge in [0.25, 0.3) is 5.91 Å². The predicted octanol–water partition coefficient (Wildman–Crippen LogP) is 2.88. The largest absolute Gasteiger partial charge is 0.482 e. The lowest BCUT2D eigenvalue weighted by molar-refractivity contribution is -0.122. The third-order valence-corrected chi connectivity index (χ3v) is 2.61. The number of halogens is 3. The first-order chi connectivity index (χ1) is 8.13. The van der Waals surface area contributed by atoms with Gasteiger partial charge in [0.05, 0.1) is 11.6 Å². The molecule has 0 aliphatic rings. The summed E-state index contributed by atoms with van der Waals surface area (Å²) in [5.74, 6) is 2.87. The summed E-state index contributed by atoms with van der Waals surface area (Å²) in [6.07, 6.45) is 0. The molecule has 90 valence electrons. The molecule has 0 atom stereocenters. The van der Waals surface area contributed by atoms with Crippen LogP contribution in [0.5, 0.6) is 5.75 Å². The average molecular weight is 384 g/mol. The van der Waals surface area contributed by atoms with Gasteiger partial charge in [-0.3, -0.25) is 4.79 Å². The van der Waals surface area contributed by atoms with Crippen molar-refractivity contribution < 1.29 is 9.53 Å². The van der Waals surface area contributed by atoms with Gasteiger partial charge in [-0.05, 0) is 22.1 Å². The van der Waals surface area contributed by atoms with E-state index in [2.05, 4.69) is 15.2 Å². The van der Waals surface area contributed by atoms with Crippen molar-refractivity contribution in [2.24, 2.45) is 0 Å². The van der Waals surface area contributed by atoms with Crippen LogP contribution < -0.4 is 10.1 Å². The zero-order valence-corrected chi connectivity index (χ0v) is 12.3. The number of carbonyl (C=O) groups is 1. The van der Waals surface area contributed by atoms with Crippen molar-refractivity contribution in [2.45, 2.75) is 0 Å². The van der Waals surface area contributed by atoms with Crippen LogP contribution in [0.2, 0.25) is 10.0 Å². The van der Waals surface area contributed by atoms with Gasteiger partial charge in [-0.1, -0.05) is 29.1 Å². The maximum Gasteiger partial charge on any atom is 0.258 e. The number of rotatable bonds is 4. The molecule has 0 unspecified atom stereocenters. The van der Waals surface area contributed by atoms with E-state index in [0.29, 0.717) is 22.3 Å².